The van der Waals surface area contributed by atoms with Crippen LogP contribution in [0.15, 0.2) is 12.1 Å². The topological polar surface area (TPSA) is 52.3 Å². The first kappa shape index (κ1) is 11.3. The Morgan fingerprint density at radius 2 is 1.93 bits per heavy atom. The minimum absolute atomic E-state index is 0.206. The molecule has 0 saturated carbocycles. The van der Waals surface area contributed by atoms with Gasteiger partial charge in [0.05, 0.1) is 0 Å². The first-order valence-electron chi connectivity index (χ1n) is 3.63. The molecule has 0 aliphatic rings. The van der Waals surface area contributed by atoms with Crippen molar-refractivity contribution >= 4 is 12.0 Å². The Kier molecular flexibility index (Phi) is 2.83. The Morgan fingerprint density at radius 1 is 1.33 bits per heavy atom. The Hall–Kier alpha value is -1.79. The zero-order valence-corrected chi connectivity index (χ0v) is 7.14. The van der Waals surface area contributed by atoms with Crippen LogP contribution in [-0.4, -0.2) is 12.6 Å². The number of halogens is 4. The normalized spacial score (nSPS) is 11.2. The molecule has 1 rings (SSSR count). The predicted molar refractivity (Wildman–Crippen MR) is 42.9 cm³/mol. The molecule has 0 aliphatic carbocycles. The third-order valence-corrected chi connectivity index (χ3v) is 1.49. The molecule has 0 saturated heterocycles. The summed E-state index contributed by atoms with van der Waals surface area (Å²) in [7, 11) is 0. The smallest absolute Gasteiger partial charge is 0.403 e. The summed E-state index contributed by atoms with van der Waals surface area (Å²) in [6, 6.07) is 1.18. The van der Waals surface area contributed by atoms with E-state index in [-0.39, 0.29) is 17.5 Å². The molecule has 0 bridgehead atoms. The van der Waals surface area contributed by atoms with Gasteiger partial charge in [-0.15, -0.1) is 13.2 Å². The second-order valence-corrected chi connectivity index (χ2v) is 2.58. The van der Waals surface area contributed by atoms with Crippen LogP contribution < -0.4 is 10.5 Å². The molecule has 0 radical (unpaired) electrons. The number of hydrogen-bond acceptors (Lipinski definition) is 3. The number of carbonyl (C=O) groups excluding carboxylic acids is 1. The number of benzene rings is 1. The van der Waals surface area contributed by atoms with Gasteiger partial charge in [0.15, 0.2) is 17.9 Å². The van der Waals surface area contributed by atoms with Gasteiger partial charge in [-0.25, -0.2) is 4.39 Å². The van der Waals surface area contributed by atoms with Crippen LogP contribution in [0.5, 0.6) is 5.75 Å². The standard InChI is InChI=1S/C8H5F4NO2/c9-5-2-6(13)4(3-14)1-7(5)15-8(10,11)12/h1-3H,13H2. The molecule has 0 heterocycles. The van der Waals surface area contributed by atoms with E-state index in [2.05, 4.69) is 4.74 Å². The Balaban J connectivity index is 3.13. The predicted octanol–water partition coefficient (Wildman–Crippen LogP) is 2.12. The van der Waals surface area contributed by atoms with E-state index in [1.54, 1.807) is 0 Å². The molecule has 0 atom stereocenters. The Bertz CT molecular complexity index is 389. The summed E-state index contributed by atoms with van der Waals surface area (Å²) in [4.78, 5) is 10.3. The lowest BCUT2D eigenvalue weighted by Gasteiger charge is -2.10. The van der Waals surface area contributed by atoms with Crippen LogP contribution in [0, 0.1) is 5.82 Å². The summed E-state index contributed by atoms with van der Waals surface area (Å²) in [6.45, 7) is 0. The van der Waals surface area contributed by atoms with Crippen LogP contribution in [0.3, 0.4) is 0 Å². The molecular formula is C8H5F4NO2. The number of nitrogens with two attached hydrogens (primary N) is 1. The minimum atomic E-state index is -5.02. The monoisotopic (exact) mass is 223 g/mol. The lowest BCUT2D eigenvalue weighted by molar-refractivity contribution is -0.275. The maximum atomic E-state index is 12.9. The molecule has 0 aromatic heterocycles. The lowest BCUT2D eigenvalue weighted by Crippen LogP contribution is -2.18. The number of rotatable bonds is 2. The van der Waals surface area contributed by atoms with Gasteiger partial charge in [0.25, 0.3) is 0 Å². The van der Waals surface area contributed by atoms with Crippen LogP contribution in [0.2, 0.25) is 0 Å². The van der Waals surface area contributed by atoms with Crippen molar-refractivity contribution in [2.45, 2.75) is 6.36 Å². The summed E-state index contributed by atoms with van der Waals surface area (Å²) in [5.74, 6) is -2.37. The van der Waals surface area contributed by atoms with Gasteiger partial charge in [-0.1, -0.05) is 0 Å². The number of carbonyl (C=O) groups is 1. The summed E-state index contributed by atoms with van der Waals surface area (Å²) in [6.07, 6.45) is -4.81. The van der Waals surface area contributed by atoms with E-state index in [1.165, 1.54) is 0 Å². The van der Waals surface area contributed by atoms with Gasteiger partial charge < -0.3 is 10.5 Å². The molecule has 82 valence electrons. The van der Waals surface area contributed by atoms with Crippen molar-refractivity contribution in [3.63, 3.8) is 0 Å². The van der Waals surface area contributed by atoms with E-state index >= 15 is 0 Å². The summed E-state index contributed by atoms with van der Waals surface area (Å²) < 4.78 is 51.5. The SMILES string of the molecule is Nc1cc(F)c(OC(F)(F)F)cc1C=O. The highest BCUT2D eigenvalue weighted by atomic mass is 19.4. The molecule has 3 nitrogen and oxygen atoms in total. The minimum Gasteiger partial charge on any atom is -0.403 e. The summed E-state index contributed by atoms with van der Waals surface area (Å²) in [5.41, 5.74) is 4.64. The molecule has 2 N–H and O–H groups in total. The lowest BCUT2D eigenvalue weighted by atomic mass is 10.2. The first-order chi connectivity index (χ1) is 6.83. The fraction of sp³-hybridized carbons (Fsp3) is 0.125. The quantitative estimate of drug-likeness (QED) is 0.474. The molecule has 0 fully saturated rings. The second-order valence-electron chi connectivity index (χ2n) is 2.58. The number of alkyl halides is 3. The van der Waals surface area contributed by atoms with Gasteiger partial charge in [-0.05, 0) is 6.07 Å². The highest BCUT2D eigenvalue weighted by Crippen LogP contribution is 2.28. The van der Waals surface area contributed by atoms with Gasteiger partial charge in [-0.3, -0.25) is 4.79 Å². The van der Waals surface area contributed by atoms with Gasteiger partial charge in [-0.2, -0.15) is 0 Å². The number of ether oxygens (including phenoxy) is 1. The number of anilines is 1. The van der Waals surface area contributed by atoms with Crippen LogP contribution in [-0.2, 0) is 0 Å². The highest BCUT2D eigenvalue weighted by Gasteiger charge is 2.32. The fourth-order valence-corrected chi connectivity index (χ4v) is 0.889. The largest absolute Gasteiger partial charge is 0.573 e. The molecule has 0 amide bonds. The van der Waals surface area contributed by atoms with Crippen molar-refractivity contribution in [3.05, 3.63) is 23.5 Å². The van der Waals surface area contributed by atoms with Gasteiger partial charge in [0.1, 0.15) is 0 Å². The van der Waals surface area contributed by atoms with Gasteiger partial charge in [0.2, 0.25) is 0 Å². The van der Waals surface area contributed by atoms with Crippen molar-refractivity contribution in [2.24, 2.45) is 0 Å². The summed E-state index contributed by atoms with van der Waals surface area (Å²) in [5, 5.41) is 0. The van der Waals surface area contributed by atoms with Crippen LogP contribution in [0.25, 0.3) is 0 Å². The zero-order chi connectivity index (χ0) is 11.6. The third-order valence-electron chi connectivity index (χ3n) is 1.49. The third kappa shape index (κ3) is 2.83. The van der Waals surface area contributed by atoms with Crippen molar-refractivity contribution in [2.75, 3.05) is 5.73 Å². The van der Waals surface area contributed by atoms with E-state index in [0.29, 0.717) is 12.1 Å². The second kappa shape index (κ2) is 3.76. The maximum absolute atomic E-state index is 12.9. The molecule has 1 aromatic rings. The average molecular weight is 223 g/mol. The van der Waals surface area contributed by atoms with Crippen molar-refractivity contribution < 1.29 is 27.1 Å². The van der Waals surface area contributed by atoms with Crippen LogP contribution in [0.4, 0.5) is 23.2 Å². The fourth-order valence-electron chi connectivity index (χ4n) is 0.889. The van der Waals surface area contributed by atoms with Crippen molar-refractivity contribution in [3.8, 4) is 5.75 Å². The Labute approximate surface area is 81.4 Å². The molecular weight excluding hydrogens is 218 g/mol. The van der Waals surface area contributed by atoms with Crippen molar-refractivity contribution in [1.29, 1.82) is 0 Å². The molecule has 7 heteroatoms. The van der Waals surface area contributed by atoms with E-state index in [1.807, 2.05) is 0 Å². The van der Waals surface area contributed by atoms with Gasteiger partial charge >= 0.3 is 6.36 Å². The molecule has 0 aliphatic heterocycles. The molecule has 0 spiro atoms. The number of hydrogen-bond donors (Lipinski definition) is 1. The molecule has 0 unspecified atom stereocenters. The first-order valence-corrected chi connectivity index (χ1v) is 3.63. The maximum Gasteiger partial charge on any atom is 0.573 e. The number of aldehydes is 1. The Morgan fingerprint density at radius 3 is 2.40 bits per heavy atom. The van der Waals surface area contributed by atoms with Crippen LogP contribution in [0.1, 0.15) is 10.4 Å². The van der Waals surface area contributed by atoms with E-state index in [0.717, 1.165) is 0 Å². The highest BCUT2D eigenvalue weighted by molar-refractivity contribution is 5.84. The van der Waals surface area contributed by atoms with E-state index in [9.17, 15) is 22.4 Å². The number of nitrogen functional groups attached to an aromatic ring is 1. The van der Waals surface area contributed by atoms with Gasteiger partial charge in [0, 0.05) is 17.3 Å². The van der Waals surface area contributed by atoms with E-state index in [4.69, 9.17) is 5.73 Å². The average Bonchev–Trinajstić information content (AvgIpc) is 2.07. The summed E-state index contributed by atoms with van der Waals surface area (Å²) >= 11 is 0. The molecule has 1 aromatic carbocycles. The zero-order valence-electron chi connectivity index (χ0n) is 7.14. The van der Waals surface area contributed by atoms with E-state index < -0.39 is 17.9 Å². The van der Waals surface area contributed by atoms with Crippen molar-refractivity contribution in [1.82, 2.24) is 0 Å². The molecule has 15 heavy (non-hydrogen) atoms. The van der Waals surface area contributed by atoms with Crippen LogP contribution >= 0.6 is 0 Å².